The maximum atomic E-state index is 11.8. The van der Waals surface area contributed by atoms with E-state index in [0.717, 1.165) is 6.42 Å². The maximum absolute atomic E-state index is 11.8. The molecule has 4 heteroatoms. The Morgan fingerprint density at radius 1 is 1.20 bits per heavy atom. The van der Waals surface area contributed by atoms with Gasteiger partial charge in [-0.15, -0.1) is 0 Å². The molecule has 1 N–H and O–H groups in total. The molecule has 0 aliphatic rings. The molecule has 1 amide bonds. The molecule has 1 aromatic carbocycles. The van der Waals surface area contributed by atoms with Gasteiger partial charge in [0.25, 0.3) is 5.91 Å². The Morgan fingerprint density at radius 3 is 2.45 bits per heavy atom. The van der Waals surface area contributed by atoms with E-state index in [1.165, 1.54) is 5.56 Å². The van der Waals surface area contributed by atoms with Crippen LogP contribution >= 0.6 is 0 Å². The summed E-state index contributed by atoms with van der Waals surface area (Å²) in [6.45, 7) is 9.02. The average molecular weight is 279 g/mol. The summed E-state index contributed by atoms with van der Waals surface area (Å²) >= 11 is 0. The van der Waals surface area contributed by atoms with Gasteiger partial charge in [-0.1, -0.05) is 17.7 Å². The lowest BCUT2D eigenvalue weighted by Crippen LogP contribution is -2.37. The van der Waals surface area contributed by atoms with E-state index in [0.29, 0.717) is 18.9 Å². The zero-order valence-electron chi connectivity index (χ0n) is 12.8. The van der Waals surface area contributed by atoms with Crippen molar-refractivity contribution in [3.8, 4) is 5.75 Å². The Morgan fingerprint density at radius 2 is 1.85 bits per heavy atom. The zero-order chi connectivity index (χ0) is 15.0. The second-order valence-electron chi connectivity index (χ2n) is 5.14. The van der Waals surface area contributed by atoms with Gasteiger partial charge in [0.05, 0.1) is 6.10 Å². The van der Waals surface area contributed by atoms with Gasteiger partial charge < -0.3 is 14.8 Å². The summed E-state index contributed by atoms with van der Waals surface area (Å²) < 4.78 is 11.0. The minimum absolute atomic E-state index is 0.102. The van der Waals surface area contributed by atoms with Gasteiger partial charge in [-0.2, -0.15) is 0 Å². The molecule has 112 valence electrons. The molecular formula is C16H25NO3. The quantitative estimate of drug-likeness (QED) is 0.744. The molecule has 0 saturated carbocycles. The van der Waals surface area contributed by atoms with E-state index in [2.05, 4.69) is 5.32 Å². The summed E-state index contributed by atoms with van der Waals surface area (Å²) in [5.41, 5.74) is 1.17. The topological polar surface area (TPSA) is 47.6 Å². The number of carbonyl (C=O) groups is 1. The summed E-state index contributed by atoms with van der Waals surface area (Å²) in [6.07, 6.45) is 0.541. The number of carbonyl (C=O) groups excluding carboxylic acids is 1. The van der Waals surface area contributed by atoms with Crippen LogP contribution in [-0.2, 0) is 9.53 Å². The Balaban J connectivity index is 2.23. The molecule has 1 aromatic rings. The van der Waals surface area contributed by atoms with Crippen LogP contribution in [0, 0.1) is 6.92 Å². The van der Waals surface area contributed by atoms with Crippen LogP contribution in [0.15, 0.2) is 24.3 Å². The van der Waals surface area contributed by atoms with Crippen molar-refractivity contribution in [2.75, 3.05) is 13.2 Å². The number of hydrogen-bond donors (Lipinski definition) is 1. The van der Waals surface area contributed by atoms with E-state index in [9.17, 15) is 4.79 Å². The highest BCUT2D eigenvalue weighted by Gasteiger charge is 2.13. The standard InChI is InChI=1S/C16H25NO3/c1-12(2)19-11-5-10-17-16(18)14(4)20-15-8-6-13(3)7-9-15/h6-9,12,14H,5,10-11H2,1-4H3,(H,17,18)/t14-/m1/s1. The molecule has 0 aromatic heterocycles. The zero-order valence-corrected chi connectivity index (χ0v) is 12.8. The molecule has 0 bridgehead atoms. The van der Waals surface area contributed by atoms with Crippen molar-refractivity contribution in [2.45, 2.75) is 46.3 Å². The maximum Gasteiger partial charge on any atom is 0.260 e. The highest BCUT2D eigenvalue weighted by molar-refractivity contribution is 5.80. The van der Waals surface area contributed by atoms with Crippen LogP contribution in [0.4, 0.5) is 0 Å². The molecule has 0 aliphatic heterocycles. The Hall–Kier alpha value is -1.55. The number of ether oxygens (including phenoxy) is 2. The first-order valence-electron chi connectivity index (χ1n) is 7.11. The first kappa shape index (κ1) is 16.5. The van der Waals surface area contributed by atoms with Gasteiger partial charge in [-0.3, -0.25) is 4.79 Å². The monoisotopic (exact) mass is 279 g/mol. The lowest BCUT2D eigenvalue weighted by Gasteiger charge is -2.15. The van der Waals surface area contributed by atoms with E-state index in [1.54, 1.807) is 6.92 Å². The molecule has 0 spiro atoms. The molecular weight excluding hydrogens is 254 g/mol. The smallest absolute Gasteiger partial charge is 0.260 e. The van der Waals surface area contributed by atoms with Gasteiger partial charge in [-0.05, 0) is 46.2 Å². The first-order chi connectivity index (χ1) is 9.49. The predicted molar refractivity (Wildman–Crippen MR) is 80.0 cm³/mol. The van der Waals surface area contributed by atoms with Crippen molar-refractivity contribution in [1.29, 1.82) is 0 Å². The molecule has 20 heavy (non-hydrogen) atoms. The Labute approximate surface area is 121 Å². The number of rotatable bonds is 8. The van der Waals surface area contributed by atoms with Crippen LogP contribution in [0.5, 0.6) is 5.75 Å². The lowest BCUT2D eigenvalue weighted by molar-refractivity contribution is -0.127. The van der Waals surface area contributed by atoms with Crippen LogP contribution in [0.2, 0.25) is 0 Å². The van der Waals surface area contributed by atoms with Crippen molar-refractivity contribution >= 4 is 5.91 Å². The third kappa shape index (κ3) is 6.57. The van der Waals surface area contributed by atoms with Crippen LogP contribution < -0.4 is 10.1 Å². The van der Waals surface area contributed by atoms with Gasteiger partial charge in [-0.25, -0.2) is 0 Å². The molecule has 0 unspecified atom stereocenters. The molecule has 1 rings (SSSR count). The summed E-state index contributed by atoms with van der Waals surface area (Å²) in [7, 11) is 0. The molecule has 0 aliphatic carbocycles. The fourth-order valence-electron chi connectivity index (χ4n) is 1.62. The first-order valence-corrected chi connectivity index (χ1v) is 7.11. The minimum Gasteiger partial charge on any atom is -0.481 e. The number of nitrogens with one attached hydrogen (secondary N) is 1. The molecule has 0 radical (unpaired) electrons. The second-order valence-corrected chi connectivity index (χ2v) is 5.14. The van der Waals surface area contributed by atoms with E-state index >= 15 is 0 Å². The number of amides is 1. The summed E-state index contributed by atoms with van der Waals surface area (Å²) in [5.74, 6) is 0.608. The highest BCUT2D eigenvalue weighted by atomic mass is 16.5. The summed E-state index contributed by atoms with van der Waals surface area (Å²) in [6, 6.07) is 7.66. The van der Waals surface area contributed by atoms with Crippen molar-refractivity contribution in [3.63, 3.8) is 0 Å². The fraction of sp³-hybridized carbons (Fsp3) is 0.562. The van der Waals surface area contributed by atoms with Gasteiger partial charge in [0, 0.05) is 13.2 Å². The highest BCUT2D eigenvalue weighted by Crippen LogP contribution is 2.13. The van der Waals surface area contributed by atoms with Crippen molar-refractivity contribution in [3.05, 3.63) is 29.8 Å². The number of benzene rings is 1. The van der Waals surface area contributed by atoms with Crippen LogP contribution in [0.3, 0.4) is 0 Å². The summed E-state index contributed by atoms with van der Waals surface area (Å²) in [4.78, 5) is 11.8. The minimum atomic E-state index is -0.497. The van der Waals surface area contributed by atoms with Crippen LogP contribution in [-0.4, -0.2) is 31.3 Å². The molecule has 0 fully saturated rings. The molecule has 0 saturated heterocycles. The molecule has 4 nitrogen and oxygen atoms in total. The lowest BCUT2D eigenvalue weighted by atomic mass is 10.2. The average Bonchev–Trinajstić information content (AvgIpc) is 2.40. The largest absolute Gasteiger partial charge is 0.481 e. The van der Waals surface area contributed by atoms with Crippen LogP contribution in [0.25, 0.3) is 0 Å². The van der Waals surface area contributed by atoms with E-state index in [-0.39, 0.29) is 12.0 Å². The van der Waals surface area contributed by atoms with Crippen LogP contribution in [0.1, 0.15) is 32.8 Å². The number of hydrogen-bond acceptors (Lipinski definition) is 3. The normalized spacial score (nSPS) is 12.2. The molecule has 1 atom stereocenters. The SMILES string of the molecule is Cc1ccc(O[C@H](C)C(=O)NCCCOC(C)C)cc1. The van der Waals surface area contributed by atoms with Crippen molar-refractivity contribution in [1.82, 2.24) is 5.32 Å². The van der Waals surface area contributed by atoms with E-state index < -0.39 is 6.10 Å². The Kier molecular flexibility index (Phi) is 7.09. The van der Waals surface area contributed by atoms with Gasteiger partial charge in [0.2, 0.25) is 0 Å². The van der Waals surface area contributed by atoms with Gasteiger partial charge >= 0.3 is 0 Å². The van der Waals surface area contributed by atoms with Gasteiger partial charge in [0.15, 0.2) is 6.10 Å². The van der Waals surface area contributed by atoms with Gasteiger partial charge in [0.1, 0.15) is 5.75 Å². The Bertz CT molecular complexity index is 401. The third-order valence-corrected chi connectivity index (χ3v) is 2.77. The predicted octanol–water partition coefficient (Wildman–Crippen LogP) is 2.69. The van der Waals surface area contributed by atoms with Crippen molar-refractivity contribution < 1.29 is 14.3 Å². The second kappa shape index (κ2) is 8.59. The van der Waals surface area contributed by atoms with E-state index in [1.807, 2.05) is 45.0 Å². The third-order valence-electron chi connectivity index (χ3n) is 2.77. The molecule has 0 heterocycles. The van der Waals surface area contributed by atoms with E-state index in [4.69, 9.17) is 9.47 Å². The number of aryl methyl sites for hydroxylation is 1. The fourth-order valence-corrected chi connectivity index (χ4v) is 1.62. The summed E-state index contributed by atoms with van der Waals surface area (Å²) in [5, 5.41) is 2.84. The van der Waals surface area contributed by atoms with Crippen molar-refractivity contribution in [2.24, 2.45) is 0 Å².